The van der Waals surface area contributed by atoms with E-state index < -0.39 is 0 Å². The first-order chi connectivity index (χ1) is 9.97. The van der Waals surface area contributed by atoms with E-state index in [1.54, 1.807) is 0 Å². The molecule has 0 saturated carbocycles. The van der Waals surface area contributed by atoms with Crippen LogP contribution >= 0.6 is 0 Å². The first-order valence-electron chi connectivity index (χ1n) is 8.41. The van der Waals surface area contributed by atoms with Crippen LogP contribution in [0, 0.1) is 0 Å². The molecule has 0 N–H and O–H groups in total. The van der Waals surface area contributed by atoms with Gasteiger partial charge in [-0.25, -0.2) is 0 Å². The van der Waals surface area contributed by atoms with Gasteiger partial charge in [-0.3, -0.25) is 0 Å². The molecule has 2 nitrogen and oxygen atoms in total. The third-order valence-corrected chi connectivity index (χ3v) is 4.13. The van der Waals surface area contributed by atoms with Gasteiger partial charge in [0.2, 0.25) is 0 Å². The third-order valence-electron chi connectivity index (χ3n) is 4.13. The quantitative estimate of drug-likeness (QED) is 0.593. The van der Waals surface area contributed by atoms with Crippen molar-refractivity contribution in [3.05, 3.63) is 23.8 Å². The van der Waals surface area contributed by atoms with E-state index in [1.165, 1.54) is 75.5 Å². The summed E-state index contributed by atoms with van der Waals surface area (Å²) >= 11 is 0. The van der Waals surface area contributed by atoms with Crippen molar-refractivity contribution in [2.45, 2.75) is 77.0 Å². The van der Waals surface area contributed by atoms with E-state index in [1.807, 2.05) is 6.21 Å². The molecule has 0 unspecified atom stereocenters. The van der Waals surface area contributed by atoms with Gasteiger partial charge in [0.25, 0.3) is 0 Å². The number of nitrogens with zero attached hydrogens (tertiary/aromatic N) is 2. The van der Waals surface area contributed by atoms with Crippen molar-refractivity contribution in [3.8, 4) is 0 Å². The molecule has 0 aromatic rings. The topological polar surface area (TPSA) is 24.7 Å². The molecule has 2 rings (SSSR count). The minimum absolute atomic E-state index is 1.08. The lowest BCUT2D eigenvalue weighted by atomic mass is 9.96. The molecule has 0 amide bonds. The van der Waals surface area contributed by atoms with Crippen molar-refractivity contribution in [3.63, 3.8) is 0 Å². The van der Waals surface area contributed by atoms with Gasteiger partial charge in [-0.2, -0.15) is 10.2 Å². The molecular weight excluding hydrogens is 244 g/mol. The zero-order valence-electron chi connectivity index (χ0n) is 12.7. The number of hydrogen-bond acceptors (Lipinski definition) is 2. The van der Waals surface area contributed by atoms with Crippen LogP contribution in [0.25, 0.3) is 0 Å². The molecule has 2 heteroatoms. The molecular formula is C18H28N2. The van der Waals surface area contributed by atoms with Crippen molar-refractivity contribution in [1.82, 2.24) is 0 Å². The van der Waals surface area contributed by atoms with Gasteiger partial charge in [0.05, 0.1) is 5.71 Å². The Bertz CT molecular complexity index is 350. The summed E-state index contributed by atoms with van der Waals surface area (Å²) in [6, 6.07) is 0. The molecule has 0 aromatic heterocycles. The molecule has 0 bridgehead atoms. The number of rotatable bonds is 1. The monoisotopic (exact) mass is 272 g/mol. The number of allylic oxidation sites excluding steroid dienone is 4. The van der Waals surface area contributed by atoms with Crippen molar-refractivity contribution in [1.29, 1.82) is 0 Å². The highest BCUT2D eigenvalue weighted by molar-refractivity contribution is 6.00. The summed E-state index contributed by atoms with van der Waals surface area (Å²) in [5.74, 6) is 0. The second-order valence-electron chi connectivity index (χ2n) is 5.87. The summed E-state index contributed by atoms with van der Waals surface area (Å²) in [7, 11) is 0. The van der Waals surface area contributed by atoms with Crippen LogP contribution in [-0.4, -0.2) is 11.9 Å². The summed E-state index contributed by atoms with van der Waals surface area (Å²) in [5.41, 5.74) is 2.65. The Hall–Kier alpha value is -1.18. The van der Waals surface area contributed by atoms with E-state index in [2.05, 4.69) is 28.4 Å². The van der Waals surface area contributed by atoms with Crippen molar-refractivity contribution in [2.24, 2.45) is 10.2 Å². The molecule has 0 saturated heterocycles. The molecule has 0 aromatic carbocycles. The van der Waals surface area contributed by atoms with Gasteiger partial charge in [-0.05, 0) is 56.9 Å². The first-order valence-corrected chi connectivity index (χ1v) is 8.41. The highest BCUT2D eigenvalue weighted by Crippen LogP contribution is 2.19. The molecule has 1 heterocycles. The van der Waals surface area contributed by atoms with E-state index in [0.717, 1.165) is 12.8 Å². The Morgan fingerprint density at radius 2 is 1.50 bits per heavy atom. The Balaban J connectivity index is 2.09. The van der Waals surface area contributed by atoms with Crippen LogP contribution in [0.1, 0.15) is 77.0 Å². The zero-order chi connectivity index (χ0) is 13.9. The lowest BCUT2D eigenvalue weighted by Gasteiger charge is -2.11. The maximum Gasteiger partial charge on any atom is 0.0662 e. The van der Waals surface area contributed by atoms with E-state index in [-0.39, 0.29) is 0 Å². The lowest BCUT2D eigenvalue weighted by molar-refractivity contribution is 0.643. The molecule has 110 valence electrons. The van der Waals surface area contributed by atoms with Crippen molar-refractivity contribution < 1.29 is 0 Å². The van der Waals surface area contributed by atoms with Crippen LogP contribution in [0.15, 0.2) is 34.0 Å². The van der Waals surface area contributed by atoms with Gasteiger partial charge in [-0.1, -0.05) is 43.9 Å². The summed E-state index contributed by atoms with van der Waals surface area (Å²) in [6.07, 6.45) is 23.9. The average molecular weight is 272 g/mol. The summed E-state index contributed by atoms with van der Waals surface area (Å²) in [6.45, 7) is 0. The Morgan fingerprint density at radius 1 is 0.750 bits per heavy atom. The standard InChI is InChI=1S/C18H28N2/c1-2-5-9-13-17(14-10-6-3-1)18-15-11-7-4-8-12-16-19-20-18/h5,9,13,16H,1-4,6-8,10-12,14-15H2. The SMILES string of the molecule is C1=CCCCCCCC(C2=NN=CCCCCCC2)=C1. The van der Waals surface area contributed by atoms with E-state index in [0.29, 0.717) is 0 Å². The third kappa shape index (κ3) is 5.85. The minimum Gasteiger partial charge on any atom is -0.163 e. The first kappa shape index (κ1) is 15.2. The van der Waals surface area contributed by atoms with Crippen LogP contribution in [0.4, 0.5) is 0 Å². The van der Waals surface area contributed by atoms with Gasteiger partial charge in [0.1, 0.15) is 0 Å². The predicted molar refractivity (Wildman–Crippen MR) is 88.6 cm³/mol. The molecule has 0 radical (unpaired) electrons. The highest BCUT2D eigenvalue weighted by Gasteiger charge is 2.08. The summed E-state index contributed by atoms with van der Waals surface area (Å²) in [5, 5.41) is 8.80. The van der Waals surface area contributed by atoms with Gasteiger partial charge in [-0.15, -0.1) is 0 Å². The van der Waals surface area contributed by atoms with Gasteiger partial charge >= 0.3 is 0 Å². The van der Waals surface area contributed by atoms with E-state index in [9.17, 15) is 0 Å². The molecule has 1 aliphatic carbocycles. The van der Waals surface area contributed by atoms with Crippen LogP contribution < -0.4 is 0 Å². The van der Waals surface area contributed by atoms with Crippen LogP contribution in [0.2, 0.25) is 0 Å². The molecule has 1 aliphatic heterocycles. The summed E-state index contributed by atoms with van der Waals surface area (Å²) in [4.78, 5) is 0. The van der Waals surface area contributed by atoms with E-state index in [4.69, 9.17) is 0 Å². The van der Waals surface area contributed by atoms with Crippen LogP contribution in [0.5, 0.6) is 0 Å². The fourth-order valence-corrected chi connectivity index (χ4v) is 2.86. The van der Waals surface area contributed by atoms with E-state index >= 15 is 0 Å². The maximum atomic E-state index is 4.52. The predicted octanol–water partition coefficient (Wildman–Crippen LogP) is 5.60. The van der Waals surface area contributed by atoms with Crippen molar-refractivity contribution in [2.75, 3.05) is 0 Å². The van der Waals surface area contributed by atoms with Gasteiger partial charge < -0.3 is 0 Å². The van der Waals surface area contributed by atoms with Gasteiger partial charge in [0.15, 0.2) is 0 Å². The minimum atomic E-state index is 1.08. The summed E-state index contributed by atoms with van der Waals surface area (Å²) < 4.78 is 0. The van der Waals surface area contributed by atoms with Crippen LogP contribution in [-0.2, 0) is 0 Å². The second-order valence-corrected chi connectivity index (χ2v) is 5.87. The maximum absolute atomic E-state index is 4.52. The molecule has 0 fully saturated rings. The van der Waals surface area contributed by atoms with Gasteiger partial charge in [0, 0.05) is 6.21 Å². The molecule has 0 atom stereocenters. The highest BCUT2D eigenvalue weighted by atomic mass is 15.2. The normalized spacial score (nSPS) is 22.8. The smallest absolute Gasteiger partial charge is 0.0662 e. The second kappa shape index (κ2) is 9.68. The van der Waals surface area contributed by atoms with Crippen LogP contribution in [0.3, 0.4) is 0 Å². The molecule has 2 aliphatic rings. The van der Waals surface area contributed by atoms with Crippen molar-refractivity contribution >= 4 is 11.9 Å². The fourth-order valence-electron chi connectivity index (χ4n) is 2.86. The Kier molecular flexibility index (Phi) is 7.36. The lowest BCUT2D eigenvalue weighted by Crippen LogP contribution is -2.04. The zero-order valence-corrected chi connectivity index (χ0v) is 12.7. The largest absolute Gasteiger partial charge is 0.163 e. The Morgan fingerprint density at radius 3 is 2.40 bits per heavy atom. The molecule has 20 heavy (non-hydrogen) atoms. The molecule has 0 spiro atoms. The average Bonchev–Trinajstić information content (AvgIpc) is 2.50. The fraction of sp³-hybridized carbons (Fsp3) is 0.667. The number of hydrogen-bond donors (Lipinski definition) is 0. The Labute approximate surface area is 123 Å².